The smallest absolute Gasteiger partial charge is 0.344 e. The lowest BCUT2D eigenvalue weighted by atomic mass is 9.88. The van der Waals surface area contributed by atoms with Crippen LogP contribution in [0.15, 0.2) is 44.7 Å². The Morgan fingerprint density at radius 3 is 2.44 bits per heavy atom. The van der Waals surface area contributed by atoms with Gasteiger partial charge >= 0.3 is 5.97 Å². The van der Waals surface area contributed by atoms with Crippen molar-refractivity contribution < 1.29 is 24.1 Å². The average molecular weight is 558 g/mol. The van der Waals surface area contributed by atoms with E-state index < -0.39 is 12.1 Å². The fourth-order valence-corrected chi connectivity index (χ4v) is 4.71. The molecule has 0 radical (unpaired) electrons. The molecule has 1 aromatic heterocycles. The van der Waals surface area contributed by atoms with Gasteiger partial charge in [-0.15, -0.1) is 0 Å². The molecule has 0 amide bonds. The Kier molecular flexibility index (Phi) is 7.93. The van der Waals surface area contributed by atoms with Crippen molar-refractivity contribution in [2.75, 3.05) is 14.2 Å². The third-order valence-corrected chi connectivity index (χ3v) is 6.74. The lowest BCUT2D eigenvalue weighted by Gasteiger charge is -2.22. The molecule has 36 heavy (non-hydrogen) atoms. The Hall–Kier alpha value is -3.40. The fraction of sp³-hybridized carbons (Fsp3) is 0.385. The third kappa shape index (κ3) is 5.38. The van der Waals surface area contributed by atoms with Gasteiger partial charge in [0.05, 0.1) is 31.3 Å². The molecule has 1 fully saturated rings. The van der Waals surface area contributed by atoms with Crippen LogP contribution >= 0.6 is 15.9 Å². The maximum Gasteiger partial charge on any atom is 0.344 e. The van der Waals surface area contributed by atoms with Crippen molar-refractivity contribution in [3.05, 3.63) is 56.5 Å². The van der Waals surface area contributed by atoms with Crippen molar-refractivity contribution in [2.24, 2.45) is 5.10 Å². The van der Waals surface area contributed by atoms with Crippen LogP contribution in [0.25, 0.3) is 10.9 Å². The van der Waals surface area contributed by atoms with Gasteiger partial charge in [-0.1, -0.05) is 35.2 Å². The molecule has 3 aromatic rings. The molecule has 1 aliphatic rings. The summed E-state index contributed by atoms with van der Waals surface area (Å²) >= 11 is 3.44. The molecular weight excluding hydrogens is 530 g/mol. The number of rotatable bonds is 8. The molecule has 1 atom stereocenters. The minimum atomic E-state index is -1.12. The van der Waals surface area contributed by atoms with Crippen LogP contribution in [-0.4, -0.2) is 47.3 Å². The Morgan fingerprint density at radius 2 is 1.83 bits per heavy atom. The van der Waals surface area contributed by atoms with Gasteiger partial charge in [-0.05, 0) is 50.1 Å². The molecule has 2 aromatic carbocycles. The quantitative estimate of drug-likeness (QED) is 0.389. The van der Waals surface area contributed by atoms with Gasteiger partial charge in [-0.3, -0.25) is 4.79 Å². The number of aliphatic carboxylic acids is 1. The number of benzene rings is 2. The van der Waals surface area contributed by atoms with E-state index in [2.05, 4.69) is 21.0 Å². The minimum absolute atomic E-state index is 0.147. The Bertz CT molecular complexity index is 1340. The molecule has 0 saturated heterocycles. The molecule has 0 spiro atoms. The third-order valence-electron chi connectivity index (χ3n) is 6.25. The minimum Gasteiger partial charge on any atom is -0.493 e. The molecule has 190 valence electrons. The van der Waals surface area contributed by atoms with E-state index in [9.17, 15) is 14.7 Å². The summed E-state index contributed by atoms with van der Waals surface area (Å²) in [7, 11) is 2.90. The molecule has 0 bridgehead atoms. The van der Waals surface area contributed by atoms with Gasteiger partial charge in [-0.25, -0.2) is 9.78 Å². The highest BCUT2D eigenvalue weighted by molar-refractivity contribution is 9.10. The van der Waals surface area contributed by atoms with Gasteiger partial charge in [-0.2, -0.15) is 9.78 Å². The van der Waals surface area contributed by atoms with Crippen LogP contribution in [0.2, 0.25) is 0 Å². The predicted molar refractivity (Wildman–Crippen MR) is 140 cm³/mol. The summed E-state index contributed by atoms with van der Waals surface area (Å²) < 4.78 is 18.6. The Labute approximate surface area is 216 Å². The summed E-state index contributed by atoms with van der Waals surface area (Å²) in [6, 6.07) is 8.76. The second-order valence-corrected chi connectivity index (χ2v) is 9.60. The molecule has 1 heterocycles. The number of carboxylic acid groups (broad SMARTS) is 1. The first-order chi connectivity index (χ1) is 17.3. The van der Waals surface area contributed by atoms with E-state index in [1.54, 1.807) is 18.2 Å². The van der Waals surface area contributed by atoms with E-state index in [-0.39, 0.29) is 28.7 Å². The second-order valence-electron chi connectivity index (χ2n) is 8.68. The lowest BCUT2D eigenvalue weighted by molar-refractivity contribution is -0.144. The molecule has 4 rings (SSSR count). The van der Waals surface area contributed by atoms with Gasteiger partial charge in [0.1, 0.15) is 5.82 Å². The normalized spacial score (nSPS) is 15.2. The second kappa shape index (κ2) is 11.1. The van der Waals surface area contributed by atoms with Crippen LogP contribution in [0.4, 0.5) is 0 Å². The van der Waals surface area contributed by atoms with Crippen LogP contribution < -0.4 is 19.8 Å². The number of hydrogen-bond acceptors (Lipinski definition) is 7. The molecule has 9 nitrogen and oxygen atoms in total. The van der Waals surface area contributed by atoms with Crippen LogP contribution in [0.3, 0.4) is 0 Å². The maximum absolute atomic E-state index is 13.5. The first-order valence-electron chi connectivity index (χ1n) is 11.7. The van der Waals surface area contributed by atoms with Gasteiger partial charge in [0.25, 0.3) is 5.56 Å². The van der Waals surface area contributed by atoms with E-state index in [0.29, 0.717) is 22.3 Å². The molecule has 0 unspecified atom stereocenters. The maximum atomic E-state index is 13.5. The summed E-state index contributed by atoms with van der Waals surface area (Å²) in [6.45, 7) is 1.42. The van der Waals surface area contributed by atoms with Crippen LogP contribution in [0, 0.1) is 0 Å². The number of ether oxygens (including phenoxy) is 3. The predicted octanol–water partition coefficient (Wildman–Crippen LogP) is 4.96. The molecule has 1 saturated carbocycles. The summed E-state index contributed by atoms with van der Waals surface area (Å²) in [5.41, 5.74) is 0.981. The van der Waals surface area contributed by atoms with E-state index >= 15 is 0 Å². The summed E-state index contributed by atoms with van der Waals surface area (Å²) in [5.74, 6) is 0.418. The monoisotopic (exact) mass is 557 g/mol. The van der Waals surface area contributed by atoms with Gasteiger partial charge < -0.3 is 19.3 Å². The highest BCUT2D eigenvalue weighted by Crippen LogP contribution is 2.39. The van der Waals surface area contributed by atoms with Crippen LogP contribution in [0.1, 0.15) is 56.3 Å². The van der Waals surface area contributed by atoms with Gasteiger partial charge in [0.2, 0.25) is 5.75 Å². The van der Waals surface area contributed by atoms with Crippen molar-refractivity contribution in [3.63, 3.8) is 0 Å². The van der Waals surface area contributed by atoms with Crippen LogP contribution in [-0.2, 0) is 4.79 Å². The SMILES string of the molecule is COc1cc(C=Nn2c(C3CCCCC3)nc3ccc(Br)cc3c2=O)cc(OC)c1O[C@@H](C)C(=O)O. The van der Waals surface area contributed by atoms with Gasteiger partial charge in [0, 0.05) is 16.0 Å². The lowest BCUT2D eigenvalue weighted by Crippen LogP contribution is -2.25. The van der Waals surface area contributed by atoms with Crippen molar-refractivity contribution in [2.45, 2.75) is 51.0 Å². The van der Waals surface area contributed by atoms with E-state index in [1.807, 2.05) is 12.1 Å². The van der Waals surface area contributed by atoms with E-state index in [4.69, 9.17) is 19.2 Å². The summed E-state index contributed by atoms with van der Waals surface area (Å²) in [6.07, 6.45) is 5.71. The van der Waals surface area contributed by atoms with Gasteiger partial charge in [0.15, 0.2) is 17.6 Å². The number of methoxy groups -OCH3 is 2. The zero-order valence-electron chi connectivity index (χ0n) is 20.4. The Balaban J connectivity index is 1.80. The number of aromatic nitrogens is 2. The van der Waals surface area contributed by atoms with E-state index in [0.717, 1.165) is 30.2 Å². The average Bonchev–Trinajstić information content (AvgIpc) is 2.89. The summed E-state index contributed by atoms with van der Waals surface area (Å²) in [4.78, 5) is 29.6. The van der Waals surface area contributed by atoms with Crippen molar-refractivity contribution in [3.8, 4) is 17.2 Å². The fourth-order valence-electron chi connectivity index (χ4n) is 4.35. The number of fused-ring (bicyclic) bond motifs is 1. The van der Waals surface area contributed by atoms with Crippen LogP contribution in [0.5, 0.6) is 17.2 Å². The Morgan fingerprint density at radius 1 is 1.17 bits per heavy atom. The largest absolute Gasteiger partial charge is 0.493 e. The zero-order chi connectivity index (χ0) is 25.8. The standard InChI is InChI=1S/C26H28BrN3O6/c1-15(26(32)33)36-23-21(34-2)11-16(12-22(23)35-3)14-28-30-24(17-7-5-4-6-8-17)29-20-10-9-18(27)13-19(20)25(30)31/h9-15,17H,4-8H2,1-3H3,(H,32,33)/t15-/m0/s1. The first-order valence-corrected chi connectivity index (χ1v) is 12.5. The molecule has 10 heteroatoms. The highest BCUT2D eigenvalue weighted by atomic mass is 79.9. The number of carboxylic acids is 1. The molecule has 1 aliphatic carbocycles. The molecule has 1 N–H and O–H groups in total. The molecule has 0 aliphatic heterocycles. The highest BCUT2D eigenvalue weighted by Gasteiger charge is 2.23. The number of nitrogens with zero attached hydrogens (tertiary/aromatic N) is 3. The first kappa shape index (κ1) is 25.7. The number of hydrogen-bond donors (Lipinski definition) is 1. The van der Waals surface area contributed by atoms with Crippen molar-refractivity contribution in [1.29, 1.82) is 0 Å². The van der Waals surface area contributed by atoms with E-state index in [1.165, 1.54) is 38.5 Å². The van der Waals surface area contributed by atoms with Crippen molar-refractivity contribution in [1.82, 2.24) is 9.66 Å². The molecular formula is C26H28BrN3O6. The number of carbonyl (C=O) groups is 1. The topological polar surface area (TPSA) is 112 Å². The number of halogens is 1. The zero-order valence-corrected chi connectivity index (χ0v) is 21.9. The summed E-state index contributed by atoms with van der Waals surface area (Å²) in [5, 5.41) is 14.2. The van der Waals surface area contributed by atoms with Crippen molar-refractivity contribution >= 4 is 39.0 Å².